The van der Waals surface area contributed by atoms with E-state index in [0.717, 1.165) is 29.8 Å². The second-order valence-electron chi connectivity index (χ2n) is 9.54. The standard InChI is InChI=1S/C33H32F3N3O3/c1-2-22-42-32(41)30(24-8-4-3-5-9-24)38-21-20-37-26-16-18-27(19-17-26)39-31(40)29-11-7-6-10-28(29)23-12-14-25(15-13-23)33(34,35)36/h3-19,30,37-38H,2,20-22H2,1H3,(H,39,40). The number of carbonyl (C=O) groups excluding carboxylic acids is 2. The first-order chi connectivity index (χ1) is 20.3. The van der Waals surface area contributed by atoms with Gasteiger partial charge in [-0.05, 0) is 65.6 Å². The minimum Gasteiger partial charge on any atom is -0.464 e. The molecule has 0 saturated heterocycles. The van der Waals surface area contributed by atoms with Crippen LogP contribution in [-0.2, 0) is 15.7 Å². The zero-order chi connectivity index (χ0) is 30.0. The van der Waals surface area contributed by atoms with Crippen LogP contribution in [0.3, 0.4) is 0 Å². The van der Waals surface area contributed by atoms with Gasteiger partial charge in [0.2, 0.25) is 0 Å². The maximum absolute atomic E-state index is 13.1. The van der Waals surface area contributed by atoms with E-state index in [1.54, 1.807) is 36.4 Å². The molecule has 9 heteroatoms. The van der Waals surface area contributed by atoms with Gasteiger partial charge in [0.25, 0.3) is 5.91 Å². The van der Waals surface area contributed by atoms with Gasteiger partial charge in [-0.2, -0.15) is 13.2 Å². The number of hydrogen-bond donors (Lipinski definition) is 3. The number of nitrogens with one attached hydrogen (secondary N) is 3. The fourth-order valence-electron chi connectivity index (χ4n) is 4.33. The van der Waals surface area contributed by atoms with Gasteiger partial charge in [-0.3, -0.25) is 10.1 Å². The molecule has 42 heavy (non-hydrogen) atoms. The summed E-state index contributed by atoms with van der Waals surface area (Å²) < 4.78 is 44.2. The lowest BCUT2D eigenvalue weighted by Crippen LogP contribution is -2.33. The summed E-state index contributed by atoms with van der Waals surface area (Å²) in [4.78, 5) is 25.6. The highest BCUT2D eigenvalue weighted by molar-refractivity contribution is 6.08. The van der Waals surface area contributed by atoms with Gasteiger partial charge in [0.05, 0.1) is 12.2 Å². The highest BCUT2D eigenvalue weighted by Gasteiger charge is 2.30. The summed E-state index contributed by atoms with van der Waals surface area (Å²) in [6, 6.07) is 27.5. The van der Waals surface area contributed by atoms with Gasteiger partial charge in [-0.15, -0.1) is 0 Å². The van der Waals surface area contributed by atoms with E-state index < -0.39 is 17.8 Å². The van der Waals surface area contributed by atoms with Gasteiger partial charge in [0, 0.05) is 30.0 Å². The van der Waals surface area contributed by atoms with Crippen LogP contribution in [0.15, 0.2) is 103 Å². The van der Waals surface area contributed by atoms with Crippen molar-refractivity contribution in [1.82, 2.24) is 5.32 Å². The molecular weight excluding hydrogens is 543 g/mol. The molecule has 0 heterocycles. The Morgan fingerprint density at radius 3 is 2.10 bits per heavy atom. The molecule has 1 amide bonds. The van der Waals surface area contributed by atoms with Crippen LogP contribution in [-0.4, -0.2) is 31.6 Å². The van der Waals surface area contributed by atoms with Crippen molar-refractivity contribution in [2.24, 2.45) is 0 Å². The third-order valence-corrected chi connectivity index (χ3v) is 6.46. The SMILES string of the molecule is CCCOC(=O)C(NCCNc1ccc(NC(=O)c2ccccc2-c2ccc(C(F)(F)F)cc2)cc1)c1ccccc1. The average molecular weight is 576 g/mol. The van der Waals surface area contributed by atoms with E-state index in [2.05, 4.69) is 16.0 Å². The van der Waals surface area contributed by atoms with Crippen LogP contribution in [0.25, 0.3) is 11.1 Å². The highest BCUT2D eigenvalue weighted by Crippen LogP contribution is 2.32. The molecule has 0 aliphatic heterocycles. The minimum atomic E-state index is -4.43. The molecule has 1 unspecified atom stereocenters. The number of amides is 1. The second kappa shape index (κ2) is 14.3. The predicted molar refractivity (Wildman–Crippen MR) is 158 cm³/mol. The first-order valence-corrected chi connectivity index (χ1v) is 13.6. The smallest absolute Gasteiger partial charge is 0.416 e. The van der Waals surface area contributed by atoms with Crippen molar-refractivity contribution in [2.45, 2.75) is 25.6 Å². The molecule has 0 aliphatic rings. The molecule has 4 rings (SSSR count). The number of ether oxygens (including phenoxy) is 1. The molecule has 0 bridgehead atoms. The fraction of sp³-hybridized carbons (Fsp3) is 0.212. The molecule has 1 atom stereocenters. The predicted octanol–water partition coefficient (Wildman–Crippen LogP) is 7.32. The van der Waals surface area contributed by atoms with Gasteiger partial charge in [0.15, 0.2) is 0 Å². The van der Waals surface area contributed by atoms with Gasteiger partial charge < -0.3 is 15.4 Å². The van der Waals surface area contributed by atoms with Gasteiger partial charge >= 0.3 is 12.1 Å². The second-order valence-corrected chi connectivity index (χ2v) is 9.54. The molecule has 0 fully saturated rings. The van der Waals surface area contributed by atoms with Crippen molar-refractivity contribution in [2.75, 3.05) is 30.3 Å². The summed E-state index contributed by atoms with van der Waals surface area (Å²) in [6.45, 7) is 3.35. The van der Waals surface area contributed by atoms with Crippen LogP contribution >= 0.6 is 0 Å². The molecule has 0 radical (unpaired) electrons. The van der Waals surface area contributed by atoms with E-state index in [4.69, 9.17) is 4.74 Å². The van der Waals surface area contributed by atoms with E-state index >= 15 is 0 Å². The molecule has 0 spiro atoms. The van der Waals surface area contributed by atoms with Crippen molar-refractivity contribution in [1.29, 1.82) is 0 Å². The van der Waals surface area contributed by atoms with E-state index in [1.165, 1.54) is 12.1 Å². The van der Waals surface area contributed by atoms with Crippen LogP contribution in [0.4, 0.5) is 24.5 Å². The largest absolute Gasteiger partial charge is 0.464 e. The first kappa shape index (κ1) is 30.3. The quantitative estimate of drug-likeness (QED) is 0.122. The molecule has 0 aromatic heterocycles. The Bertz CT molecular complexity index is 1460. The van der Waals surface area contributed by atoms with E-state index in [1.807, 2.05) is 49.4 Å². The summed E-state index contributed by atoms with van der Waals surface area (Å²) in [5, 5.41) is 9.38. The summed E-state index contributed by atoms with van der Waals surface area (Å²) in [7, 11) is 0. The van der Waals surface area contributed by atoms with Crippen molar-refractivity contribution in [3.05, 3.63) is 120 Å². The van der Waals surface area contributed by atoms with Crippen LogP contribution in [0.2, 0.25) is 0 Å². The molecule has 3 N–H and O–H groups in total. The van der Waals surface area contributed by atoms with Crippen molar-refractivity contribution in [3.8, 4) is 11.1 Å². The molecule has 6 nitrogen and oxygen atoms in total. The fourth-order valence-corrected chi connectivity index (χ4v) is 4.33. The first-order valence-electron chi connectivity index (χ1n) is 13.6. The Morgan fingerprint density at radius 2 is 1.43 bits per heavy atom. The molecule has 4 aromatic carbocycles. The number of halogens is 3. The van der Waals surface area contributed by atoms with Gasteiger partial charge in [0.1, 0.15) is 6.04 Å². The van der Waals surface area contributed by atoms with Crippen LogP contribution in [0, 0.1) is 0 Å². The summed E-state index contributed by atoms with van der Waals surface area (Å²) >= 11 is 0. The Kier molecular flexibility index (Phi) is 10.3. The topological polar surface area (TPSA) is 79.5 Å². The normalized spacial score (nSPS) is 11.9. The summed E-state index contributed by atoms with van der Waals surface area (Å²) in [5.74, 6) is -0.694. The number of alkyl halides is 3. The molecular formula is C33H32F3N3O3. The third kappa shape index (κ3) is 8.20. The van der Waals surface area contributed by atoms with E-state index in [0.29, 0.717) is 42.1 Å². The lowest BCUT2D eigenvalue weighted by atomic mass is 9.98. The molecule has 0 aliphatic carbocycles. The van der Waals surface area contributed by atoms with Crippen molar-refractivity contribution in [3.63, 3.8) is 0 Å². The maximum Gasteiger partial charge on any atom is 0.416 e. The summed E-state index contributed by atoms with van der Waals surface area (Å²) in [5.41, 5.74) is 2.85. The lowest BCUT2D eigenvalue weighted by molar-refractivity contribution is -0.146. The van der Waals surface area contributed by atoms with Crippen molar-refractivity contribution >= 4 is 23.3 Å². The molecule has 4 aromatic rings. The molecule has 0 saturated carbocycles. The Hall–Kier alpha value is -4.63. The van der Waals surface area contributed by atoms with Crippen molar-refractivity contribution < 1.29 is 27.5 Å². The highest BCUT2D eigenvalue weighted by atomic mass is 19.4. The zero-order valence-electron chi connectivity index (χ0n) is 23.1. The lowest BCUT2D eigenvalue weighted by Gasteiger charge is -2.18. The van der Waals surface area contributed by atoms with Crippen LogP contribution in [0.5, 0.6) is 0 Å². The number of benzene rings is 4. The maximum atomic E-state index is 13.1. The number of esters is 1. The Balaban J connectivity index is 1.33. The minimum absolute atomic E-state index is 0.317. The number of rotatable bonds is 12. The number of anilines is 2. The monoisotopic (exact) mass is 575 g/mol. The van der Waals surface area contributed by atoms with E-state index in [9.17, 15) is 22.8 Å². The van der Waals surface area contributed by atoms with Crippen LogP contribution < -0.4 is 16.0 Å². The van der Waals surface area contributed by atoms with Gasteiger partial charge in [-0.1, -0.05) is 67.6 Å². The number of carbonyl (C=O) groups is 2. The average Bonchev–Trinajstić information content (AvgIpc) is 3.00. The zero-order valence-corrected chi connectivity index (χ0v) is 23.1. The summed E-state index contributed by atoms with van der Waals surface area (Å²) in [6.07, 6.45) is -3.68. The number of hydrogen-bond acceptors (Lipinski definition) is 5. The van der Waals surface area contributed by atoms with E-state index in [-0.39, 0.29) is 11.9 Å². The third-order valence-electron chi connectivity index (χ3n) is 6.46. The molecule has 218 valence electrons. The Morgan fingerprint density at radius 1 is 0.786 bits per heavy atom. The van der Waals surface area contributed by atoms with Gasteiger partial charge in [-0.25, -0.2) is 4.79 Å². The Labute approximate surface area is 242 Å². The van der Waals surface area contributed by atoms with Crippen LogP contribution in [0.1, 0.15) is 40.9 Å².